The number of rotatable bonds is 8. The summed E-state index contributed by atoms with van der Waals surface area (Å²) in [6, 6.07) is 18.2. The first-order valence-electron chi connectivity index (χ1n) is 10.0. The van der Waals surface area contributed by atoms with Crippen molar-refractivity contribution in [3.63, 3.8) is 0 Å². The Balaban J connectivity index is 1.57. The zero-order chi connectivity index (χ0) is 19.8. The Bertz CT molecular complexity index is 775. The van der Waals surface area contributed by atoms with Crippen LogP contribution in [0, 0.1) is 0 Å². The summed E-state index contributed by atoms with van der Waals surface area (Å²) in [6.07, 6.45) is 4.93. The third-order valence-electron chi connectivity index (χ3n) is 5.36. The molecule has 0 radical (unpaired) electrons. The molecular weight excluding hydrogens is 348 g/mol. The highest BCUT2D eigenvalue weighted by Crippen LogP contribution is 2.20. The number of nitrogens with zero attached hydrogens (tertiary/aromatic N) is 2. The van der Waals surface area contributed by atoms with E-state index in [9.17, 15) is 4.79 Å². The van der Waals surface area contributed by atoms with Crippen molar-refractivity contribution in [3.8, 4) is 5.75 Å². The fourth-order valence-electron chi connectivity index (χ4n) is 3.73. The molecule has 2 aromatic carbocycles. The van der Waals surface area contributed by atoms with Crippen LogP contribution in [0.15, 0.2) is 67.3 Å². The van der Waals surface area contributed by atoms with E-state index < -0.39 is 0 Å². The summed E-state index contributed by atoms with van der Waals surface area (Å²) in [5.41, 5.74) is 2.04. The maximum Gasteiger partial charge on any atom is 0.254 e. The summed E-state index contributed by atoms with van der Waals surface area (Å²) in [6.45, 7) is 7.17. The third kappa shape index (κ3) is 5.46. The molecule has 0 bridgehead atoms. The maximum absolute atomic E-state index is 13.0. The molecule has 0 N–H and O–H groups in total. The summed E-state index contributed by atoms with van der Waals surface area (Å²) in [5, 5.41) is 0. The van der Waals surface area contributed by atoms with Gasteiger partial charge in [0, 0.05) is 31.7 Å². The van der Waals surface area contributed by atoms with Crippen molar-refractivity contribution in [2.45, 2.75) is 25.3 Å². The molecule has 0 aromatic heterocycles. The van der Waals surface area contributed by atoms with Gasteiger partial charge in [-0.3, -0.25) is 4.79 Å². The second-order valence-corrected chi connectivity index (χ2v) is 7.38. The Morgan fingerprint density at radius 1 is 1.25 bits per heavy atom. The van der Waals surface area contributed by atoms with Crippen LogP contribution in [0.1, 0.15) is 28.8 Å². The van der Waals surface area contributed by atoms with Gasteiger partial charge in [0.25, 0.3) is 5.91 Å². The van der Waals surface area contributed by atoms with Gasteiger partial charge in [0.15, 0.2) is 0 Å². The average molecular weight is 379 g/mol. The number of likely N-dealkylation sites (N-methyl/N-ethyl adjacent to an activating group) is 1. The zero-order valence-electron chi connectivity index (χ0n) is 16.7. The fourth-order valence-corrected chi connectivity index (χ4v) is 3.73. The van der Waals surface area contributed by atoms with Crippen molar-refractivity contribution in [2.24, 2.45) is 0 Å². The minimum Gasteiger partial charge on any atom is -0.490 e. The van der Waals surface area contributed by atoms with Gasteiger partial charge in [-0.05, 0) is 49.6 Å². The number of ether oxygens (including phenoxy) is 1. The third-order valence-corrected chi connectivity index (χ3v) is 5.36. The Kier molecular flexibility index (Phi) is 7.26. The van der Waals surface area contributed by atoms with Crippen molar-refractivity contribution in [1.82, 2.24) is 9.80 Å². The van der Waals surface area contributed by atoms with Crippen LogP contribution in [0.4, 0.5) is 0 Å². The lowest BCUT2D eigenvalue weighted by molar-refractivity contribution is 0.0619. The molecule has 1 atom stereocenters. The van der Waals surface area contributed by atoms with Gasteiger partial charge in [-0.2, -0.15) is 0 Å². The van der Waals surface area contributed by atoms with Crippen molar-refractivity contribution >= 4 is 5.91 Å². The van der Waals surface area contributed by atoms with Gasteiger partial charge in [-0.15, -0.1) is 0 Å². The van der Waals surface area contributed by atoms with Crippen LogP contribution in [0.25, 0.3) is 0 Å². The highest BCUT2D eigenvalue weighted by atomic mass is 16.5. The van der Waals surface area contributed by atoms with Crippen LogP contribution >= 0.6 is 0 Å². The van der Waals surface area contributed by atoms with Gasteiger partial charge in [-0.25, -0.2) is 0 Å². The van der Waals surface area contributed by atoms with Crippen LogP contribution in [-0.4, -0.2) is 55.0 Å². The standard InChI is InChI=1S/C24H30N2O2/c1-3-17-28-23-13-7-11-21(18-23)24(27)25(2)22-12-8-15-26(19-22)16-14-20-9-5-4-6-10-20/h3-7,9-11,13,18,22H,1,8,12,14-17,19H2,2H3/t22-/m0/s1. The smallest absolute Gasteiger partial charge is 0.254 e. The van der Waals surface area contributed by atoms with E-state index in [1.54, 1.807) is 6.08 Å². The predicted octanol–water partition coefficient (Wildman–Crippen LogP) is 4.03. The SMILES string of the molecule is C=CCOc1cccc(C(=O)N(C)[C@H]2CCCN(CCc3ccccc3)C2)c1. The molecule has 4 heteroatoms. The lowest BCUT2D eigenvalue weighted by Gasteiger charge is -2.37. The van der Waals surface area contributed by atoms with E-state index in [1.165, 1.54) is 5.56 Å². The minimum absolute atomic E-state index is 0.0546. The molecular formula is C24H30N2O2. The summed E-state index contributed by atoms with van der Waals surface area (Å²) in [4.78, 5) is 17.4. The van der Waals surface area contributed by atoms with Gasteiger partial charge < -0.3 is 14.5 Å². The normalized spacial score (nSPS) is 17.1. The Labute approximate surface area is 168 Å². The molecule has 28 heavy (non-hydrogen) atoms. The van der Waals surface area contributed by atoms with Gasteiger partial charge >= 0.3 is 0 Å². The number of benzene rings is 2. The highest BCUT2D eigenvalue weighted by Gasteiger charge is 2.26. The summed E-state index contributed by atoms with van der Waals surface area (Å²) < 4.78 is 5.57. The lowest BCUT2D eigenvalue weighted by Crippen LogP contribution is -2.49. The number of likely N-dealkylation sites (tertiary alicyclic amines) is 1. The van der Waals surface area contributed by atoms with Gasteiger partial charge in [-0.1, -0.05) is 49.1 Å². The molecule has 1 saturated heterocycles. The second kappa shape index (κ2) is 10.1. The highest BCUT2D eigenvalue weighted by molar-refractivity contribution is 5.94. The van der Waals surface area contributed by atoms with Gasteiger partial charge in [0.05, 0.1) is 0 Å². The summed E-state index contributed by atoms with van der Waals surface area (Å²) in [7, 11) is 1.92. The number of amides is 1. The van der Waals surface area contributed by atoms with Gasteiger partial charge in [0.2, 0.25) is 0 Å². The molecule has 0 saturated carbocycles. The van der Waals surface area contributed by atoms with Crippen LogP contribution in [0.2, 0.25) is 0 Å². The molecule has 148 valence electrons. The summed E-state index contributed by atoms with van der Waals surface area (Å²) in [5.74, 6) is 0.756. The summed E-state index contributed by atoms with van der Waals surface area (Å²) >= 11 is 0. The molecule has 1 heterocycles. The molecule has 4 nitrogen and oxygen atoms in total. The molecule has 0 unspecified atom stereocenters. The number of carbonyl (C=O) groups is 1. The zero-order valence-corrected chi connectivity index (χ0v) is 16.7. The van der Waals surface area contributed by atoms with E-state index in [1.807, 2.05) is 36.2 Å². The Morgan fingerprint density at radius 3 is 2.86 bits per heavy atom. The molecule has 1 amide bonds. The van der Waals surface area contributed by atoms with E-state index in [-0.39, 0.29) is 11.9 Å². The van der Waals surface area contributed by atoms with E-state index in [0.717, 1.165) is 38.9 Å². The molecule has 0 spiro atoms. The van der Waals surface area contributed by atoms with Crippen molar-refractivity contribution in [1.29, 1.82) is 0 Å². The lowest BCUT2D eigenvalue weighted by atomic mass is 10.0. The first kappa shape index (κ1) is 20.2. The number of piperidine rings is 1. The van der Waals surface area contributed by atoms with E-state index >= 15 is 0 Å². The Hall–Kier alpha value is -2.59. The largest absolute Gasteiger partial charge is 0.490 e. The maximum atomic E-state index is 13.0. The molecule has 1 aliphatic heterocycles. The van der Waals surface area contributed by atoms with Crippen LogP contribution in [-0.2, 0) is 6.42 Å². The first-order valence-corrected chi connectivity index (χ1v) is 10.0. The van der Waals surface area contributed by atoms with Crippen LogP contribution < -0.4 is 4.74 Å². The van der Waals surface area contributed by atoms with Crippen LogP contribution in [0.3, 0.4) is 0 Å². The van der Waals surface area contributed by atoms with Crippen molar-refractivity contribution in [3.05, 3.63) is 78.4 Å². The average Bonchev–Trinajstić information content (AvgIpc) is 2.76. The molecule has 2 aromatic rings. The quantitative estimate of drug-likeness (QED) is 0.650. The van der Waals surface area contributed by atoms with Crippen molar-refractivity contribution < 1.29 is 9.53 Å². The monoisotopic (exact) mass is 378 g/mol. The van der Waals surface area contributed by atoms with Crippen LogP contribution in [0.5, 0.6) is 5.75 Å². The molecule has 1 fully saturated rings. The van der Waals surface area contributed by atoms with E-state index in [0.29, 0.717) is 17.9 Å². The number of carbonyl (C=O) groups excluding carboxylic acids is 1. The predicted molar refractivity (Wildman–Crippen MR) is 114 cm³/mol. The van der Waals surface area contributed by atoms with Crippen molar-refractivity contribution in [2.75, 3.05) is 33.3 Å². The Morgan fingerprint density at radius 2 is 2.07 bits per heavy atom. The van der Waals surface area contributed by atoms with E-state index in [2.05, 4.69) is 41.8 Å². The van der Waals surface area contributed by atoms with E-state index in [4.69, 9.17) is 4.74 Å². The molecule has 1 aliphatic rings. The molecule has 3 rings (SSSR count). The number of hydrogen-bond acceptors (Lipinski definition) is 3. The number of hydrogen-bond donors (Lipinski definition) is 0. The molecule has 0 aliphatic carbocycles. The minimum atomic E-state index is 0.0546. The van der Waals surface area contributed by atoms with Gasteiger partial charge in [0.1, 0.15) is 12.4 Å². The fraction of sp³-hybridized carbons (Fsp3) is 0.375. The second-order valence-electron chi connectivity index (χ2n) is 7.38. The first-order chi connectivity index (χ1) is 13.7. The topological polar surface area (TPSA) is 32.8 Å².